The van der Waals surface area contributed by atoms with Crippen molar-refractivity contribution in [2.75, 3.05) is 23.4 Å². The fourth-order valence-corrected chi connectivity index (χ4v) is 6.87. The molecule has 3 amide bonds. The number of nitrogens with one attached hydrogen (secondary N) is 2. The van der Waals surface area contributed by atoms with Gasteiger partial charge in [0.2, 0.25) is 17.7 Å². The standard InChI is InChI=1S/C29H24ClN3O7/c1-13-8-16-25(17(30)9-13)31-28(38)29(16)24-23(18(32-29)10-14-2-4-19(34)20(35)11-14)26(36)33(27(24)37)15-3-5-21-22(12-15)40-7-6-39-21/h2-5,8-9,11-12,18,23-24,32,34-35H,6-7,10H2,1H3,(H,31,38)/t18-,23+,24+,29+/m0/s1. The summed E-state index contributed by atoms with van der Waals surface area (Å²) in [5, 5.41) is 26.4. The third-order valence-corrected chi connectivity index (χ3v) is 8.50. The van der Waals surface area contributed by atoms with Gasteiger partial charge in [0.25, 0.3) is 0 Å². The van der Waals surface area contributed by atoms with Gasteiger partial charge in [-0.25, -0.2) is 4.90 Å². The van der Waals surface area contributed by atoms with Crippen LogP contribution in [0.5, 0.6) is 23.0 Å². The molecule has 40 heavy (non-hydrogen) atoms. The van der Waals surface area contributed by atoms with Crippen molar-refractivity contribution < 1.29 is 34.1 Å². The Morgan fingerprint density at radius 2 is 1.75 bits per heavy atom. The maximum absolute atomic E-state index is 14.3. The zero-order chi connectivity index (χ0) is 27.9. The zero-order valence-corrected chi connectivity index (χ0v) is 22.0. The number of imide groups is 1. The van der Waals surface area contributed by atoms with Gasteiger partial charge in [-0.05, 0) is 54.8 Å². The lowest BCUT2D eigenvalue weighted by molar-refractivity contribution is -0.130. The van der Waals surface area contributed by atoms with E-state index >= 15 is 0 Å². The van der Waals surface area contributed by atoms with Crippen LogP contribution in [0.2, 0.25) is 5.02 Å². The topological polar surface area (TPSA) is 137 Å². The Labute approximate surface area is 233 Å². The average molecular weight is 562 g/mol. The first-order chi connectivity index (χ1) is 19.2. The van der Waals surface area contributed by atoms with E-state index in [1.165, 1.54) is 12.1 Å². The number of rotatable bonds is 3. The van der Waals surface area contributed by atoms with Crippen LogP contribution in [0.1, 0.15) is 16.7 Å². The summed E-state index contributed by atoms with van der Waals surface area (Å²) in [7, 11) is 0. The molecular formula is C29H24ClN3O7. The van der Waals surface area contributed by atoms with E-state index in [0.29, 0.717) is 52.2 Å². The van der Waals surface area contributed by atoms with E-state index < -0.39 is 41.1 Å². The second-order valence-corrected chi connectivity index (χ2v) is 11.0. The highest BCUT2D eigenvalue weighted by atomic mass is 35.5. The number of hydrogen-bond donors (Lipinski definition) is 4. The summed E-state index contributed by atoms with van der Waals surface area (Å²) >= 11 is 6.52. The van der Waals surface area contributed by atoms with Crippen LogP contribution in [0.3, 0.4) is 0 Å². The molecule has 0 saturated carbocycles. The van der Waals surface area contributed by atoms with Crippen molar-refractivity contribution in [2.24, 2.45) is 11.8 Å². The van der Waals surface area contributed by atoms with Crippen LogP contribution < -0.4 is 25.0 Å². The Hall–Kier alpha value is -4.28. The molecule has 4 aliphatic rings. The molecule has 0 aliphatic carbocycles. The Kier molecular flexibility index (Phi) is 5.32. The van der Waals surface area contributed by atoms with E-state index in [9.17, 15) is 24.6 Å². The summed E-state index contributed by atoms with van der Waals surface area (Å²) in [5.41, 5.74) is 1.11. The number of anilines is 2. The molecule has 4 N–H and O–H groups in total. The van der Waals surface area contributed by atoms with Crippen molar-refractivity contribution in [1.82, 2.24) is 5.32 Å². The van der Waals surface area contributed by atoms with Crippen LogP contribution >= 0.6 is 11.6 Å². The van der Waals surface area contributed by atoms with Gasteiger partial charge in [0.05, 0.1) is 28.2 Å². The molecule has 0 unspecified atom stereocenters. The molecule has 0 radical (unpaired) electrons. The molecule has 4 aliphatic heterocycles. The number of aryl methyl sites for hydroxylation is 1. The first-order valence-corrected chi connectivity index (χ1v) is 13.2. The number of fused-ring (bicyclic) bond motifs is 5. The van der Waals surface area contributed by atoms with E-state index in [2.05, 4.69) is 10.6 Å². The largest absolute Gasteiger partial charge is 0.504 e. The van der Waals surface area contributed by atoms with Crippen LogP contribution in [0.25, 0.3) is 0 Å². The maximum Gasteiger partial charge on any atom is 0.250 e. The van der Waals surface area contributed by atoms with Gasteiger partial charge in [0.15, 0.2) is 23.0 Å². The molecule has 11 heteroatoms. The van der Waals surface area contributed by atoms with E-state index in [0.717, 1.165) is 10.5 Å². The van der Waals surface area contributed by atoms with Crippen LogP contribution in [0.15, 0.2) is 48.5 Å². The molecule has 204 valence electrons. The van der Waals surface area contributed by atoms with Gasteiger partial charge in [0.1, 0.15) is 18.8 Å². The number of ether oxygens (including phenoxy) is 2. The molecule has 3 aromatic carbocycles. The number of aromatic hydroxyl groups is 2. The number of phenolic OH excluding ortho intramolecular Hbond substituents is 2. The van der Waals surface area contributed by atoms with Gasteiger partial charge in [-0.15, -0.1) is 0 Å². The lowest BCUT2D eigenvalue weighted by Gasteiger charge is -2.30. The summed E-state index contributed by atoms with van der Waals surface area (Å²) in [6.07, 6.45) is 0.201. The fourth-order valence-electron chi connectivity index (χ4n) is 6.54. The van der Waals surface area contributed by atoms with Crippen LogP contribution in [-0.2, 0) is 26.3 Å². The van der Waals surface area contributed by atoms with E-state index in [1.807, 2.05) is 13.0 Å². The molecular weight excluding hydrogens is 538 g/mol. The quantitative estimate of drug-likeness (QED) is 0.283. The molecule has 0 aromatic heterocycles. The Morgan fingerprint density at radius 1 is 0.975 bits per heavy atom. The number of nitrogens with zero attached hydrogens (tertiary/aromatic N) is 1. The van der Waals surface area contributed by atoms with Gasteiger partial charge >= 0.3 is 0 Å². The summed E-state index contributed by atoms with van der Waals surface area (Å²) in [6.45, 7) is 2.58. The molecule has 3 aromatic rings. The minimum atomic E-state index is -1.55. The second-order valence-electron chi connectivity index (χ2n) is 10.6. The molecule has 4 heterocycles. The monoisotopic (exact) mass is 561 g/mol. The van der Waals surface area contributed by atoms with Gasteiger partial charge in [-0.2, -0.15) is 0 Å². The highest BCUT2D eigenvalue weighted by Gasteiger charge is 2.70. The average Bonchev–Trinajstić information content (AvgIpc) is 3.50. The molecule has 7 rings (SSSR count). The van der Waals surface area contributed by atoms with Crippen molar-refractivity contribution in [1.29, 1.82) is 0 Å². The Bertz CT molecular complexity index is 1640. The van der Waals surface area contributed by atoms with Gasteiger partial charge < -0.3 is 25.0 Å². The van der Waals surface area contributed by atoms with Crippen molar-refractivity contribution >= 4 is 40.7 Å². The number of benzene rings is 3. The summed E-state index contributed by atoms with van der Waals surface area (Å²) in [6, 6.07) is 12.1. The van der Waals surface area contributed by atoms with Crippen molar-refractivity contribution in [3.63, 3.8) is 0 Å². The predicted molar refractivity (Wildman–Crippen MR) is 144 cm³/mol. The summed E-state index contributed by atoms with van der Waals surface area (Å²) < 4.78 is 11.3. The molecule has 1 spiro atoms. The highest BCUT2D eigenvalue weighted by Crippen LogP contribution is 2.55. The van der Waals surface area contributed by atoms with E-state index in [4.69, 9.17) is 21.1 Å². The van der Waals surface area contributed by atoms with Gasteiger partial charge in [-0.1, -0.05) is 23.7 Å². The first-order valence-electron chi connectivity index (χ1n) is 12.9. The number of carbonyl (C=O) groups is 3. The van der Waals surface area contributed by atoms with Gasteiger partial charge in [0, 0.05) is 17.7 Å². The lowest BCUT2D eigenvalue weighted by Crippen LogP contribution is -2.53. The highest BCUT2D eigenvalue weighted by molar-refractivity contribution is 6.35. The number of phenols is 2. The predicted octanol–water partition coefficient (Wildman–Crippen LogP) is 3.00. The Morgan fingerprint density at radius 3 is 2.52 bits per heavy atom. The van der Waals surface area contributed by atoms with Crippen molar-refractivity contribution in [2.45, 2.75) is 24.9 Å². The molecule has 10 nitrogen and oxygen atoms in total. The SMILES string of the molecule is Cc1cc(Cl)c2c(c1)[C@]1(N[C@@H](Cc3ccc(O)c(O)c3)[C@H]3C(=O)N(c4ccc5c(c4)OCCO5)C(=O)[C@@H]31)C(=O)N2. The van der Waals surface area contributed by atoms with Crippen LogP contribution in [0, 0.1) is 18.8 Å². The van der Waals surface area contributed by atoms with E-state index in [-0.39, 0.29) is 17.9 Å². The zero-order valence-electron chi connectivity index (χ0n) is 21.2. The molecule has 0 bridgehead atoms. The van der Waals surface area contributed by atoms with Crippen LogP contribution in [0.4, 0.5) is 11.4 Å². The smallest absolute Gasteiger partial charge is 0.250 e. The molecule has 2 fully saturated rings. The normalized spacial score (nSPS) is 26.3. The summed E-state index contributed by atoms with van der Waals surface area (Å²) in [4.78, 5) is 43.3. The van der Waals surface area contributed by atoms with Gasteiger partial charge in [-0.3, -0.25) is 19.7 Å². The molecule has 2 saturated heterocycles. The number of amides is 3. The first kappa shape index (κ1) is 24.7. The number of hydrogen-bond acceptors (Lipinski definition) is 8. The van der Waals surface area contributed by atoms with Crippen molar-refractivity contribution in [3.8, 4) is 23.0 Å². The number of halogens is 1. The lowest BCUT2D eigenvalue weighted by atomic mass is 9.76. The fraction of sp³-hybridized carbons (Fsp3) is 0.276. The molecule has 4 atom stereocenters. The van der Waals surface area contributed by atoms with Crippen molar-refractivity contribution in [3.05, 3.63) is 70.2 Å². The van der Waals surface area contributed by atoms with Crippen LogP contribution in [-0.4, -0.2) is 47.2 Å². The summed E-state index contributed by atoms with van der Waals surface area (Å²) in [5.74, 6) is -3.05. The second kappa shape index (κ2) is 8.61. The van der Waals surface area contributed by atoms with E-state index in [1.54, 1.807) is 30.3 Å². The minimum Gasteiger partial charge on any atom is -0.504 e. The third kappa shape index (κ3) is 3.36. The Balaban J connectivity index is 1.37. The maximum atomic E-state index is 14.3. The third-order valence-electron chi connectivity index (χ3n) is 8.20. The number of carbonyl (C=O) groups excluding carboxylic acids is 3. The minimum absolute atomic E-state index is 0.201.